The maximum Gasteiger partial charge on any atom is 0.325 e. The van der Waals surface area contributed by atoms with Crippen molar-refractivity contribution < 1.29 is 23.1 Å². The average Bonchev–Trinajstić information content (AvgIpc) is 3.37. The maximum atomic E-state index is 14.9. The standard InChI is InChI=1S/C23H24F3N3O2/c1-27-12-20(26)22(13-27)29(21-5-3-2-4-16(21)14-30)23(31)28-9-8-15(11-28)18-10-17(24)6-7-19(18)25/h2-8,10,20,22,30H,9,11-14H2,1H3/t20-,22-/m1/s1. The van der Waals surface area contributed by atoms with Crippen LogP contribution in [0.2, 0.25) is 0 Å². The van der Waals surface area contributed by atoms with Crippen LogP contribution in [0.25, 0.3) is 5.57 Å². The minimum absolute atomic E-state index is 0.0799. The molecular formula is C23H24F3N3O2. The predicted octanol–water partition coefficient (Wildman–Crippen LogP) is 3.43. The molecule has 1 fully saturated rings. The van der Waals surface area contributed by atoms with E-state index in [2.05, 4.69) is 0 Å². The third-order valence-electron chi connectivity index (χ3n) is 5.83. The third-order valence-corrected chi connectivity index (χ3v) is 5.83. The van der Waals surface area contributed by atoms with E-state index in [0.717, 1.165) is 18.2 Å². The number of likely N-dealkylation sites (tertiary alicyclic amines) is 1. The lowest BCUT2D eigenvalue weighted by atomic mass is 10.1. The van der Waals surface area contributed by atoms with Crippen molar-refractivity contribution in [2.45, 2.75) is 18.8 Å². The Bertz CT molecular complexity index is 1010. The third kappa shape index (κ3) is 4.18. The number of aliphatic hydroxyl groups is 1. The first-order valence-corrected chi connectivity index (χ1v) is 10.1. The molecule has 2 aromatic rings. The number of likely N-dealkylation sites (N-methyl/N-ethyl adjacent to an activating group) is 1. The smallest absolute Gasteiger partial charge is 0.325 e. The summed E-state index contributed by atoms with van der Waals surface area (Å²) in [5.41, 5.74) is 1.58. The second kappa shape index (κ2) is 8.72. The summed E-state index contributed by atoms with van der Waals surface area (Å²) in [5.74, 6) is -1.12. The number of aliphatic hydroxyl groups excluding tert-OH is 1. The minimum atomic E-state index is -1.25. The van der Waals surface area contributed by atoms with Crippen LogP contribution in [-0.4, -0.2) is 66.4 Å². The van der Waals surface area contributed by atoms with Gasteiger partial charge in [-0.3, -0.25) is 4.90 Å². The number of urea groups is 1. The van der Waals surface area contributed by atoms with Crippen molar-refractivity contribution in [3.8, 4) is 0 Å². The van der Waals surface area contributed by atoms with Gasteiger partial charge in [-0.1, -0.05) is 24.3 Å². The van der Waals surface area contributed by atoms with Crippen LogP contribution in [0.4, 0.5) is 23.7 Å². The molecule has 0 saturated carbocycles. The van der Waals surface area contributed by atoms with Gasteiger partial charge in [-0.25, -0.2) is 18.0 Å². The number of para-hydroxylation sites is 1. The average molecular weight is 431 g/mol. The molecule has 1 saturated heterocycles. The first-order chi connectivity index (χ1) is 14.9. The molecule has 0 bridgehead atoms. The Kier molecular flexibility index (Phi) is 6.02. The molecule has 0 aliphatic carbocycles. The second-order valence-corrected chi connectivity index (χ2v) is 7.98. The Balaban J connectivity index is 1.64. The molecule has 4 rings (SSSR count). The Morgan fingerprint density at radius 3 is 2.68 bits per heavy atom. The van der Waals surface area contributed by atoms with Crippen LogP contribution in [-0.2, 0) is 6.61 Å². The zero-order chi connectivity index (χ0) is 22.1. The van der Waals surface area contributed by atoms with Crippen LogP contribution in [0.15, 0.2) is 48.5 Å². The molecule has 2 amide bonds. The molecule has 31 heavy (non-hydrogen) atoms. The van der Waals surface area contributed by atoms with E-state index in [1.807, 2.05) is 4.90 Å². The lowest BCUT2D eigenvalue weighted by molar-refractivity contribution is 0.210. The lowest BCUT2D eigenvalue weighted by Crippen LogP contribution is -2.52. The van der Waals surface area contributed by atoms with Crippen molar-refractivity contribution >= 4 is 17.3 Å². The van der Waals surface area contributed by atoms with Crippen LogP contribution in [0.5, 0.6) is 0 Å². The molecule has 0 spiro atoms. The summed E-state index contributed by atoms with van der Waals surface area (Å²) in [6, 6.07) is 8.90. The number of carbonyl (C=O) groups excluding carboxylic acids is 1. The highest BCUT2D eigenvalue weighted by Gasteiger charge is 2.41. The van der Waals surface area contributed by atoms with Gasteiger partial charge in [0.05, 0.1) is 18.3 Å². The van der Waals surface area contributed by atoms with Crippen LogP contribution in [0, 0.1) is 11.6 Å². The van der Waals surface area contributed by atoms with Gasteiger partial charge in [0, 0.05) is 37.3 Å². The van der Waals surface area contributed by atoms with E-state index in [0.29, 0.717) is 23.4 Å². The van der Waals surface area contributed by atoms with E-state index >= 15 is 0 Å². The Hall–Kier alpha value is -2.84. The topological polar surface area (TPSA) is 47.0 Å². The fourth-order valence-corrected chi connectivity index (χ4v) is 4.27. The molecule has 2 aliphatic heterocycles. The van der Waals surface area contributed by atoms with E-state index in [1.54, 1.807) is 37.4 Å². The molecule has 8 heteroatoms. The van der Waals surface area contributed by atoms with E-state index in [9.17, 15) is 23.1 Å². The molecule has 2 atom stereocenters. The highest BCUT2D eigenvalue weighted by Crippen LogP contribution is 2.31. The summed E-state index contributed by atoms with van der Waals surface area (Å²) in [6.07, 6.45) is 0.427. The molecule has 1 N–H and O–H groups in total. The van der Waals surface area contributed by atoms with Gasteiger partial charge in [-0.15, -0.1) is 0 Å². The van der Waals surface area contributed by atoms with Crippen molar-refractivity contribution in [3.63, 3.8) is 0 Å². The number of anilines is 1. The molecule has 0 unspecified atom stereocenters. The molecule has 164 valence electrons. The van der Waals surface area contributed by atoms with Crippen LogP contribution in [0.3, 0.4) is 0 Å². The SMILES string of the molecule is CN1C[C@@H](F)[C@H](N(C(=O)N2CC=C(c3cc(F)ccc3F)C2)c2ccccc2CO)C1. The fourth-order valence-electron chi connectivity index (χ4n) is 4.27. The van der Waals surface area contributed by atoms with Crippen molar-refractivity contribution in [1.82, 2.24) is 9.80 Å². The quantitative estimate of drug-likeness (QED) is 0.807. The maximum absolute atomic E-state index is 14.9. The second-order valence-electron chi connectivity index (χ2n) is 7.98. The number of halogens is 3. The van der Waals surface area contributed by atoms with Gasteiger partial charge < -0.3 is 14.9 Å². The molecule has 5 nitrogen and oxygen atoms in total. The number of hydrogen-bond acceptors (Lipinski definition) is 3. The van der Waals surface area contributed by atoms with E-state index < -0.39 is 29.9 Å². The molecule has 2 heterocycles. The number of nitrogens with zero attached hydrogens (tertiary/aromatic N) is 3. The van der Waals surface area contributed by atoms with Gasteiger partial charge in [-0.2, -0.15) is 0 Å². The van der Waals surface area contributed by atoms with Crippen LogP contribution >= 0.6 is 0 Å². The Morgan fingerprint density at radius 1 is 1.19 bits per heavy atom. The van der Waals surface area contributed by atoms with Gasteiger partial charge in [-0.05, 0) is 36.9 Å². The lowest BCUT2D eigenvalue weighted by Gasteiger charge is -2.34. The van der Waals surface area contributed by atoms with Gasteiger partial charge >= 0.3 is 6.03 Å². The number of hydrogen-bond donors (Lipinski definition) is 1. The van der Waals surface area contributed by atoms with Gasteiger partial charge in [0.2, 0.25) is 0 Å². The normalized spacial score (nSPS) is 21.5. The van der Waals surface area contributed by atoms with Gasteiger partial charge in [0.25, 0.3) is 0 Å². The van der Waals surface area contributed by atoms with Crippen molar-refractivity contribution in [2.24, 2.45) is 0 Å². The van der Waals surface area contributed by atoms with E-state index in [1.165, 1.54) is 9.80 Å². The monoisotopic (exact) mass is 431 g/mol. The predicted molar refractivity (Wildman–Crippen MR) is 112 cm³/mol. The largest absolute Gasteiger partial charge is 0.392 e. The minimum Gasteiger partial charge on any atom is -0.392 e. The first kappa shape index (κ1) is 21.4. The zero-order valence-electron chi connectivity index (χ0n) is 17.1. The van der Waals surface area contributed by atoms with E-state index in [-0.39, 0.29) is 31.8 Å². The number of carbonyl (C=O) groups is 1. The number of rotatable bonds is 4. The summed E-state index contributed by atoms with van der Waals surface area (Å²) >= 11 is 0. The number of benzene rings is 2. The number of alkyl halides is 1. The van der Waals surface area contributed by atoms with Crippen molar-refractivity contribution in [3.05, 3.63) is 71.3 Å². The Morgan fingerprint density at radius 2 is 1.97 bits per heavy atom. The zero-order valence-corrected chi connectivity index (χ0v) is 17.1. The molecule has 2 aliphatic rings. The van der Waals surface area contributed by atoms with Crippen LogP contribution < -0.4 is 4.90 Å². The number of amides is 2. The molecule has 2 aromatic carbocycles. The summed E-state index contributed by atoms with van der Waals surface area (Å²) < 4.78 is 42.7. The van der Waals surface area contributed by atoms with Crippen LogP contribution in [0.1, 0.15) is 11.1 Å². The first-order valence-electron chi connectivity index (χ1n) is 10.1. The summed E-state index contributed by atoms with van der Waals surface area (Å²) in [5, 5.41) is 9.78. The molecule has 0 aromatic heterocycles. The van der Waals surface area contributed by atoms with Crippen molar-refractivity contribution in [2.75, 3.05) is 38.1 Å². The Labute approximate surface area is 179 Å². The van der Waals surface area contributed by atoms with Gasteiger partial charge in [0.1, 0.15) is 17.8 Å². The highest BCUT2D eigenvalue weighted by molar-refractivity contribution is 5.95. The summed E-state index contributed by atoms with van der Waals surface area (Å²) in [4.78, 5) is 18.3. The van der Waals surface area contributed by atoms with Gasteiger partial charge in [0.15, 0.2) is 0 Å². The van der Waals surface area contributed by atoms with Crippen molar-refractivity contribution in [1.29, 1.82) is 0 Å². The van der Waals surface area contributed by atoms with E-state index in [4.69, 9.17) is 0 Å². The fraction of sp³-hybridized carbons (Fsp3) is 0.348. The molecular weight excluding hydrogens is 407 g/mol. The highest BCUT2D eigenvalue weighted by atomic mass is 19.1. The summed E-state index contributed by atoms with van der Waals surface area (Å²) in [6.45, 7) is 0.530. The summed E-state index contributed by atoms with van der Waals surface area (Å²) in [7, 11) is 1.79. The molecule has 0 radical (unpaired) electrons.